The third-order valence-corrected chi connectivity index (χ3v) is 3.21. The molecular formula is C16H19N3O. The highest BCUT2D eigenvalue weighted by Gasteiger charge is 2.17. The van der Waals surface area contributed by atoms with Crippen molar-refractivity contribution in [2.24, 2.45) is 0 Å². The van der Waals surface area contributed by atoms with Crippen LogP contribution in [0, 0.1) is 0 Å². The first-order chi connectivity index (χ1) is 9.76. The van der Waals surface area contributed by atoms with Crippen LogP contribution in [0.1, 0.15) is 22.8 Å². The van der Waals surface area contributed by atoms with Crippen LogP contribution in [0.25, 0.3) is 0 Å². The van der Waals surface area contributed by atoms with Gasteiger partial charge in [0.15, 0.2) is 0 Å². The number of carbonyl (C=O) groups excluding carboxylic acids is 1. The number of anilines is 1. The quantitative estimate of drug-likeness (QED) is 0.907. The highest BCUT2D eigenvalue weighted by atomic mass is 16.2. The Balaban J connectivity index is 2.21. The molecule has 0 aliphatic carbocycles. The molecule has 1 heterocycles. The van der Waals surface area contributed by atoms with Gasteiger partial charge in [0.2, 0.25) is 0 Å². The fraction of sp³-hybridized carbons (Fsp3) is 0.250. The van der Waals surface area contributed by atoms with E-state index < -0.39 is 0 Å². The van der Waals surface area contributed by atoms with E-state index in [1.165, 1.54) is 0 Å². The van der Waals surface area contributed by atoms with Crippen molar-refractivity contribution in [2.75, 3.05) is 18.9 Å². The van der Waals surface area contributed by atoms with Gasteiger partial charge in [-0.3, -0.25) is 9.78 Å². The van der Waals surface area contributed by atoms with Crippen molar-refractivity contribution in [1.29, 1.82) is 0 Å². The van der Waals surface area contributed by atoms with Gasteiger partial charge in [0.05, 0.1) is 5.56 Å². The van der Waals surface area contributed by atoms with Crippen LogP contribution in [0.5, 0.6) is 0 Å². The minimum atomic E-state index is -0.00574. The van der Waals surface area contributed by atoms with Gasteiger partial charge in [0, 0.05) is 38.2 Å². The molecular weight excluding hydrogens is 250 g/mol. The predicted octanol–water partition coefficient (Wildman–Crippen LogP) is 2.79. The van der Waals surface area contributed by atoms with Crippen molar-refractivity contribution in [3.8, 4) is 0 Å². The first-order valence-corrected chi connectivity index (χ1v) is 6.71. The summed E-state index contributed by atoms with van der Waals surface area (Å²) >= 11 is 0. The van der Waals surface area contributed by atoms with Crippen molar-refractivity contribution in [3.05, 3.63) is 59.9 Å². The van der Waals surface area contributed by atoms with Crippen LogP contribution < -0.4 is 5.32 Å². The molecule has 1 N–H and O–H groups in total. The molecule has 0 aliphatic heterocycles. The van der Waals surface area contributed by atoms with Crippen molar-refractivity contribution >= 4 is 11.6 Å². The van der Waals surface area contributed by atoms with Crippen LogP contribution in [-0.2, 0) is 6.54 Å². The lowest BCUT2D eigenvalue weighted by molar-refractivity contribution is 0.0753. The maximum Gasteiger partial charge on any atom is 0.257 e. The Labute approximate surface area is 119 Å². The first kappa shape index (κ1) is 14.1. The molecule has 0 spiro atoms. The summed E-state index contributed by atoms with van der Waals surface area (Å²) in [6.07, 6.45) is 3.29. The summed E-state index contributed by atoms with van der Waals surface area (Å²) in [6, 6.07) is 11.8. The van der Waals surface area contributed by atoms with Crippen molar-refractivity contribution in [1.82, 2.24) is 9.88 Å². The zero-order valence-corrected chi connectivity index (χ0v) is 11.8. The monoisotopic (exact) mass is 269 g/mol. The summed E-state index contributed by atoms with van der Waals surface area (Å²) in [5.41, 5.74) is 2.53. The molecule has 104 valence electrons. The van der Waals surface area contributed by atoms with E-state index in [1.54, 1.807) is 19.4 Å². The van der Waals surface area contributed by atoms with Gasteiger partial charge in [-0.05, 0) is 18.6 Å². The van der Waals surface area contributed by atoms with Gasteiger partial charge in [-0.15, -0.1) is 0 Å². The van der Waals surface area contributed by atoms with Crippen LogP contribution in [0.2, 0.25) is 0 Å². The number of hydrogen-bond donors (Lipinski definition) is 1. The SMILES string of the molecule is CCN(Cc1ccccc1)C(=O)c1cnccc1NC. The molecule has 0 saturated carbocycles. The van der Waals surface area contributed by atoms with Crippen molar-refractivity contribution in [2.45, 2.75) is 13.5 Å². The molecule has 2 rings (SSSR count). The summed E-state index contributed by atoms with van der Waals surface area (Å²) in [6.45, 7) is 3.25. The first-order valence-electron chi connectivity index (χ1n) is 6.71. The molecule has 4 heteroatoms. The highest BCUT2D eigenvalue weighted by molar-refractivity contribution is 5.99. The fourth-order valence-corrected chi connectivity index (χ4v) is 2.08. The molecule has 0 saturated heterocycles. The predicted molar refractivity (Wildman–Crippen MR) is 80.6 cm³/mol. The van der Waals surface area contributed by atoms with Gasteiger partial charge in [-0.1, -0.05) is 30.3 Å². The second-order valence-electron chi connectivity index (χ2n) is 4.48. The van der Waals surface area contributed by atoms with E-state index in [2.05, 4.69) is 10.3 Å². The zero-order valence-electron chi connectivity index (χ0n) is 11.8. The van der Waals surface area contributed by atoms with E-state index in [0.717, 1.165) is 11.3 Å². The number of rotatable bonds is 5. The number of carbonyl (C=O) groups is 1. The Bertz CT molecular complexity index is 569. The van der Waals surface area contributed by atoms with Crippen LogP contribution in [-0.4, -0.2) is 29.4 Å². The summed E-state index contributed by atoms with van der Waals surface area (Å²) in [5.74, 6) is -0.00574. The number of nitrogens with one attached hydrogen (secondary N) is 1. The second-order valence-corrected chi connectivity index (χ2v) is 4.48. The molecule has 1 amide bonds. The third kappa shape index (κ3) is 3.15. The molecule has 1 aromatic carbocycles. The number of aromatic nitrogens is 1. The van der Waals surface area contributed by atoms with Crippen molar-refractivity contribution < 1.29 is 4.79 Å². The van der Waals surface area contributed by atoms with E-state index in [0.29, 0.717) is 18.7 Å². The van der Waals surface area contributed by atoms with Gasteiger partial charge in [0.25, 0.3) is 5.91 Å². The van der Waals surface area contributed by atoms with Gasteiger partial charge >= 0.3 is 0 Å². The molecule has 1 aromatic heterocycles. The zero-order chi connectivity index (χ0) is 14.4. The molecule has 2 aromatic rings. The Morgan fingerprint density at radius 2 is 2.00 bits per heavy atom. The summed E-state index contributed by atoms with van der Waals surface area (Å²) in [5, 5.41) is 3.03. The molecule has 0 unspecified atom stereocenters. The molecule has 4 nitrogen and oxygen atoms in total. The van der Waals surface area contributed by atoms with Crippen LogP contribution in [0.15, 0.2) is 48.8 Å². The number of nitrogens with zero attached hydrogens (tertiary/aromatic N) is 2. The normalized spacial score (nSPS) is 10.1. The second kappa shape index (κ2) is 6.70. The van der Waals surface area contributed by atoms with E-state index in [4.69, 9.17) is 0 Å². The fourth-order valence-electron chi connectivity index (χ4n) is 2.08. The molecule has 0 radical (unpaired) electrons. The van der Waals surface area contributed by atoms with E-state index in [1.807, 2.05) is 48.2 Å². The topological polar surface area (TPSA) is 45.2 Å². The van der Waals surface area contributed by atoms with Crippen LogP contribution in [0.3, 0.4) is 0 Å². The Morgan fingerprint density at radius 1 is 1.25 bits per heavy atom. The number of hydrogen-bond acceptors (Lipinski definition) is 3. The average Bonchev–Trinajstić information content (AvgIpc) is 2.53. The Kier molecular flexibility index (Phi) is 4.71. The maximum absolute atomic E-state index is 12.6. The molecule has 20 heavy (non-hydrogen) atoms. The number of pyridine rings is 1. The van der Waals surface area contributed by atoms with Gasteiger partial charge in [-0.2, -0.15) is 0 Å². The van der Waals surface area contributed by atoms with Gasteiger partial charge in [0.1, 0.15) is 0 Å². The highest BCUT2D eigenvalue weighted by Crippen LogP contribution is 2.16. The van der Waals surface area contributed by atoms with Crippen molar-refractivity contribution in [3.63, 3.8) is 0 Å². The lowest BCUT2D eigenvalue weighted by Crippen LogP contribution is -2.30. The van der Waals surface area contributed by atoms with E-state index in [-0.39, 0.29) is 5.91 Å². The summed E-state index contributed by atoms with van der Waals surface area (Å²) < 4.78 is 0. The molecule has 0 fully saturated rings. The largest absolute Gasteiger partial charge is 0.387 e. The average molecular weight is 269 g/mol. The van der Waals surface area contributed by atoms with Crippen LogP contribution >= 0.6 is 0 Å². The molecule has 0 atom stereocenters. The third-order valence-electron chi connectivity index (χ3n) is 3.21. The van der Waals surface area contributed by atoms with E-state index in [9.17, 15) is 4.79 Å². The van der Waals surface area contributed by atoms with Gasteiger partial charge in [-0.25, -0.2) is 0 Å². The summed E-state index contributed by atoms with van der Waals surface area (Å²) in [4.78, 5) is 18.5. The lowest BCUT2D eigenvalue weighted by Gasteiger charge is -2.22. The number of amides is 1. The van der Waals surface area contributed by atoms with E-state index >= 15 is 0 Å². The smallest absolute Gasteiger partial charge is 0.257 e. The standard InChI is InChI=1S/C16H19N3O/c1-3-19(12-13-7-5-4-6-8-13)16(20)14-11-18-10-9-15(14)17-2/h4-11H,3,12H2,1-2H3,(H,17,18). The minimum absolute atomic E-state index is 0.00574. The maximum atomic E-state index is 12.6. The number of benzene rings is 1. The van der Waals surface area contributed by atoms with Crippen LogP contribution in [0.4, 0.5) is 5.69 Å². The minimum Gasteiger partial charge on any atom is -0.387 e. The molecule has 0 aliphatic rings. The Morgan fingerprint density at radius 3 is 2.65 bits per heavy atom. The Hall–Kier alpha value is -2.36. The van der Waals surface area contributed by atoms with Gasteiger partial charge < -0.3 is 10.2 Å². The lowest BCUT2D eigenvalue weighted by atomic mass is 10.1. The molecule has 0 bridgehead atoms. The summed E-state index contributed by atoms with van der Waals surface area (Å²) in [7, 11) is 1.81.